The molecule has 1 aromatic carbocycles. The molecule has 4 aliphatic rings. The summed E-state index contributed by atoms with van der Waals surface area (Å²) in [5, 5.41) is 0.560. The van der Waals surface area contributed by atoms with Gasteiger partial charge in [0, 0.05) is 86.6 Å². The molecule has 0 radical (unpaired) electrons. The molecule has 3 aliphatic heterocycles. The molecule has 1 atom stereocenters. The van der Waals surface area contributed by atoms with Crippen LogP contribution in [0.1, 0.15) is 78.7 Å². The van der Waals surface area contributed by atoms with E-state index in [-0.39, 0.29) is 29.6 Å². The Labute approximate surface area is 491 Å². The second kappa shape index (κ2) is 36.9. The predicted molar refractivity (Wildman–Crippen MR) is 309 cm³/mol. The molecule has 5 rings (SSSR count). The first kappa shape index (κ1) is 68.9. The number of nitrogens with zero attached hydrogens (tertiary/aromatic N) is 3. The molecule has 1 unspecified atom stereocenters. The number of benzene rings is 1. The van der Waals surface area contributed by atoms with Crippen LogP contribution in [-0.4, -0.2) is 213 Å². The van der Waals surface area contributed by atoms with Crippen LogP contribution in [-0.2, 0) is 91.6 Å². The summed E-state index contributed by atoms with van der Waals surface area (Å²) in [7, 11) is -1.21. The average Bonchev–Trinajstić information content (AvgIpc) is 2.83. The van der Waals surface area contributed by atoms with Crippen LogP contribution >= 0.6 is 0 Å². The number of rotatable bonds is 44. The molecular weight excluding hydrogens is 1100 g/mol. The van der Waals surface area contributed by atoms with Gasteiger partial charge in [-0.3, -0.25) is 14.1 Å². The van der Waals surface area contributed by atoms with Crippen LogP contribution in [0.25, 0.3) is 0 Å². The highest BCUT2D eigenvalue weighted by atomic mass is 32.2. The molecule has 0 spiro atoms. The third kappa shape index (κ3) is 23.8. The van der Waals surface area contributed by atoms with Gasteiger partial charge in [0.2, 0.25) is 0 Å². The second-order valence-electron chi connectivity index (χ2n) is 21.3. The van der Waals surface area contributed by atoms with Gasteiger partial charge in [-0.1, -0.05) is 59.3 Å². The Balaban J connectivity index is 1.23. The maximum atomic E-state index is 12.5. The number of unbranched alkanes of at least 4 members (excludes halogenated alkanes) is 2. The van der Waals surface area contributed by atoms with Crippen molar-refractivity contribution in [1.29, 1.82) is 0 Å². The summed E-state index contributed by atoms with van der Waals surface area (Å²) >= 11 is 0. The first-order valence-electron chi connectivity index (χ1n) is 28.8. The summed E-state index contributed by atoms with van der Waals surface area (Å²) in [5.41, 5.74) is 4.34. The first-order chi connectivity index (χ1) is 39.9. The molecule has 0 bridgehead atoms. The zero-order chi connectivity index (χ0) is 59.9. The monoisotopic (exact) mass is 1190 g/mol. The minimum absolute atomic E-state index is 0.0230. The van der Waals surface area contributed by atoms with Gasteiger partial charge in [0.15, 0.2) is 0 Å². The Hall–Kier alpha value is -4.86. The van der Waals surface area contributed by atoms with E-state index in [2.05, 4.69) is 61.0 Å². The zero-order valence-electron chi connectivity index (χ0n) is 49.9. The van der Waals surface area contributed by atoms with Gasteiger partial charge >= 0.3 is 5.97 Å². The Kier molecular flexibility index (Phi) is 30.6. The van der Waals surface area contributed by atoms with Crippen LogP contribution in [0.5, 0.6) is 0 Å². The number of imide groups is 1. The van der Waals surface area contributed by atoms with E-state index >= 15 is 0 Å². The lowest BCUT2D eigenvalue weighted by molar-refractivity contribution is -0.197. The maximum absolute atomic E-state index is 12.5. The molecule has 23 heteroatoms. The number of ether oxygens (including phenoxy) is 12. The molecule has 0 saturated carbocycles. The highest BCUT2D eigenvalue weighted by Crippen LogP contribution is 2.49. The van der Waals surface area contributed by atoms with Crippen molar-refractivity contribution in [3.63, 3.8) is 0 Å². The lowest BCUT2D eigenvalue weighted by Gasteiger charge is -2.35. The van der Waals surface area contributed by atoms with E-state index in [1.165, 1.54) is 12.1 Å². The summed E-state index contributed by atoms with van der Waals surface area (Å²) < 4.78 is 103. The molecule has 22 nitrogen and oxygen atoms in total. The number of anilines is 1. The number of carbonyl (C=O) groups excluding carboxylic acids is 3. The topological polar surface area (TPSA) is 235 Å². The summed E-state index contributed by atoms with van der Waals surface area (Å²) in [6.07, 6.45) is 15.9. The first-order valence-corrected chi connectivity index (χ1v) is 30.2. The van der Waals surface area contributed by atoms with Crippen molar-refractivity contribution in [2.75, 3.05) is 171 Å². The number of methoxy groups -OCH3 is 2. The standard InChI is InChI=1S/C60H91N3O19S/c1-59(2,3)55-44-47(12-11-13-54-60(4,5)51-46-49(83(67,68)69)16-18-52(51)62(54)21-10-8-9-14-58(66)82-63-56(64)19-20-57(63)65)50-17-15-48(45-53(50)81-55)61(22-24-72-30-32-76-38-40-78-36-34-74-28-26-70-6)23-25-73-31-33-77-39-41-80-43-42-79-37-35-75-29-27-71-7/h11-13,15-18,44-46,53H,8-10,14,19-43H2,1-7H3,(H,67,68,69)/b12-11+,54-13+. The van der Waals surface area contributed by atoms with Crippen molar-refractivity contribution < 1.29 is 89.0 Å². The summed E-state index contributed by atoms with van der Waals surface area (Å²) in [6, 6.07) is 4.64. The highest BCUT2D eigenvalue weighted by Gasteiger charge is 2.41. The molecule has 83 heavy (non-hydrogen) atoms. The highest BCUT2D eigenvalue weighted by molar-refractivity contribution is 7.85. The summed E-state index contributed by atoms with van der Waals surface area (Å²) in [4.78, 5) is 45.6. The van der Waals surface area contributed by atoms with Gasteiger partial charge in [0.05, 0.1) is 137 Å². The SMILES string of the molecule is COCCOCCOCCOCCOCCOCCN(CCOCCOCCOCCOCCOC)C1=CC2OC(C(C)(C)C)=CC(/C=C/C=C3/N(CCCCCC(=O)ON4C(=O)CCC4=O)c4ccc(S(=O)(=O)O)cc4C3(C)C)=C2C=C1. The van der Waals surface area contributed by atoms with Crippen molar-refractivity contribution >= 4 is 33.6 Å². The van der Waals surface area contributed by atoms with Crippen LogP contribution in [0.4, 0.5) is 5.69 Å². The zero-order valence-corrected chi connectivity index (χ0v) is 50.7. The van der Waals surface area contributed by atoms with E-state index in [9.17, 15) is 27.4 Å². The van der Waals surface area contributed by atoms with E-state index in [1.807, 2.05) is 26.0 Å². The number of carbonyl (C=O) groups is 3. The van der Waals surface area contributed by atoms with Crippen LogP contribution in [0.2, 0.25) is 0 Å². The van der Waals surface area contributed by atoms with Crippen molar-refractivity contribution in [3.8, 4) is 0 Å². The van der Waals surface area contributed by atoms with Gasteiger partial charge in [-0.15, -0.1) is 5.06 Å². The van der Waals surface area contributed by atoms with Crippen LogP contribution in [0.3, 0.4) is 0 Å². The molecule has 1 aromatic rings. The van der Waals surface area contributed by atoms with Crippen LogP contribution < -0.4 is 4.90 Å². The van der Waals surface area contributed by atoms with Gasteiger partial charge in [-0.2, -0.15) is 8.42 Å². The average molecular weight is 1190 g/mol. The Morgan fingerprint density at radius 3 is 1.69 bits per heavy atom. The van der Waals surface area contributed by atoms with Gasteiger partial charge in [-0.25, -0.2) is 4.79 Å². The molecule has 466 valence electrons. The summed E-state index contributed by atoms with van der Waals surface area (Å²) in [6.45, 7) is 21.5. The molecule has 3 heterocycles. The van der Waals surface area contributed by atoms with Crippen LogP contribution in [0.15, 0.2) is 93.9 Å². The summed E-state index contributed by atoms with van der Waals surface area (Å²) in [5.74, 6) is -0.879. The van der Waals surface area contributed by atoms with E-state index in [4.69, 9.17) is 61.7 Å². The second-order valence-corrected chi connectivity index (χ2v) is 22.7. The third-order valence-electron chi connectivity index (χ3n) is 13.7. The number of allylic oxidation sites excluding steroid dienone is 8. The largest absolute Gasteiger partial charge is 0.485 e. The molecule has 0 aromatic heterocycles. The van der Waals surface area contributed by atoms with Gasteiger partial charge in [0.1, 0.15) is 11.9 Å². The number of hydrogen-bond donors (Lipinski definition) is 1. The number of amides is 2. The number of hydroxylamine groups is 2. The van der Waals surface area contributed by atoms with Gasteiger partial charge in [0.25, 0.3) is 21.9 Å². The fraction of sp³-hybridized carbons (Fsp3) is 0.650. The van der Waals surface area contributed by atoms with Crippen molar-refractivity contribution in [1.82, 2.24) is 9.96 Å². The third-order valence-corrected chi connectivity index (χ3v) is 14.5. The van der Waals surface area contributed by atoms with E-state index < -0.39 is 39.4 Å². The molecule has 1 aliphatic carbocycles. The minimum atomic E-state index is -4.48. The molecule has 1 N–H and O–H groups in total. The molecular formula is C60H91N3O19S. The van der Waals surface area contributed by atoms with Crippen molar-refractivity contribution in [2.45, 2.75) is 89.6 Å². The fourth-order valence-electron chi connectivity index (χ4n) is 9.14. The van der Waals surface area contributed by atoms with Gasteiger partial charge in [-0.05, 0) is 66.5 Å². The van der Waals surface area contributed by atoms with Crippen molar-refractivity contribution in [3.05, 3.63) is 94.6 Å². The smallest absolute Gasteiger partial charge is 0.333 e. The maximum Gasteiger partial charge on any atom is 0.333 e. The Bertz CT molecular complexity index is 2470. The van der Waals surface area contributed by atoms with E-state index in [0.717, 1.165) is 39.6 Å². The molecule has 1 saturated heterocycles. The minimum Gasteiger partial charge on any atom is -0.485 e. The number of fused-ring (bicyclic) bond motifs is 2. The predicted octanol–water partition coefficient (Wildman–Crippen LogP) is 6.46. The normalized spacial score (nSPS) is 17.4. The van der Waals surface area contributed by atoms with Gasteiger partial charge < -0.3 is 71.5 Å². The van der Waals surface area contributed by atoms with E-state index in [0.29, 0.717) is 176 Å². The lowest BCUT2D eigenvalue weighted by atomic mass is 9.83. The molecule has 2 amide bonds. The number of hydrogen-bond acceptors (Lipinski definition) is 20. The Morgan fingerprint density at radius 2 is 1.20 bits per heavy atom. The Morgan fingerprint density at radius 1 is 0.711 bits per heavy atom. The van der Waals surface area contributed by atoms with Crippen LogP contribution in [0, 0.1) is 5.41 Å². The molecule has 1 fully saturated rings. The quantitative estimate of drug-likeness (QED) is 0.0419. The van der Waals surface area contributed by atoms with Crippen molar-refractivity contribution in [2.24, 2.45) is 5.41 Å². The fourth-order valence-corrected chi connectivity index (χ4v) is 9.65. The van der Waals surface area contributed by atoms with E-state index in [1.54, 1.807) is 20.3 Å². The lowest BCUT2D eigenvalue weighted by Crippen LogP contribution is -2.33.